The van der Waals surface area contributed by atoms with Crippen LogP contribution in [0.2, 0.25) is 0 Å². The van der Waals surface area contributed by atoms with Gasteiger partial charge in [0.1, 0.15) is 61.6 Å². The third-order valence-corrected chi connectivity index (χ3v) is 15.8. The molecule has 0 saturated carbocycles. The van der Waals surface area contributed by atoms with Gasteiger partial charge in [-0.15, -0.1) is 0 Å². The van der Waals surface area contributed by atoms with Gasteiger partial charge >= 0.3 is 11.4 Å². The van der Waals surface area contributed by atoms with E-state index in [1.807, 2.05) is 9.97 Å². The number of nitrogens with zero attached hydrogens (tertiary/aromatic N) is 2. The third kappa shape index (κ3) is 7.88. The fourth-order valence-corrected chi connectivity index (χ4v) is 17.4. The Morgan fingerprint density at radius 2 is 1.12 bits per heavy atom. The zero-order valence-corrected chi connectivity index (χ0v) is 25.8. The van der Waals surface area contributed by atoms with Crippen LogP contribution in [0.5, 0.6) is 0 Å². The second-order valence-corrected chi connectivity index (χ2v) is 22.4. The van der Waals surface area contributed by atoms with E-state index < -0.39 is 83.4 Å². The Labute approximate surface area is 252 Å². The summed E-state index contributed by atoms with van der Waals surface area (Å²) in [6, 6.07) is 2.11. The fraction of sp³-hybridized carbons (Fsp3) is 0.579. The van der Waals surface area contributed by atoms with Crippen LogP contribution >= 0.6 is 36.3 Å². The zero-order valence-electron chi connectivity index (χ0n) is 20.6. The van der Waals surface area contributed by atoms with Crippen LogP contribution in [0.4, 0.5) is 0 Å². The summed E-state index contributed by atoms with van der Waals surface area (Å²) in [7, 11) is 0. The number of aliphatic hydroxyl groups is 4. The molecule has 2 aliphatic rings. The average molecular weight is 693 g/mol. The molecule has 0 amide bonds. The van der Waals surface area contributed by atoms with Crippen LogP contribution in [0.15, 0.2) is 43.7 Å². The maximum Gasteiger partial charge on any atom is 0.330 e. The molecule has 4 heterocycles. The molecule has 2 saturated heterocycles. The number of hydrogen-bond donors (Lipinski definition) is 8. The SMILES string of the molecule is O=c1ccn([C@@H]2O[C@H](CO[P+]([S-])(S)C[P+]([S-])(S)OC[C@H]3O[C@@H](n4ccc(=O)[nH]c4=O)[C@H](O)[C@@H]3O)[C@@H](O)[C@H]2O)c(=O)[nH]1. The Morgan fingerprint density at radius 1 is 0.756 bits per heavy atom. The third-order valence-electron chi connectivity index (χ3n) is 6.16. The minimum absolute atomic E-state index is 0.112. The Morgan fingerprint density at radius 3 is 1.46 bits per heavy atom. The maximum absolute atomic E-state index is 12.1. The summed E-state index contributed by atoms with van der Waals surface area (Å²) >= 11 is 19.7. The number of thiol groups is 2. The summed E-state index contributed by atoms with van der Waals surface area (Å²) < 4.78 is 24.4. The van der Waals surface area contributed by atoms with Crippen LogP contribution in [0.1, 0.15) is 12.5 Å². The number of H-pyrrole nitrogens is 2. The van der Waals surface area contributed by atoms with E-state index in [-0.39, 0.29) is 19.1 Å². The molecule has 0 bridgehead atoms. The molecule has 2 aromatic rings. The molecule has 16 nitrogen and oxygen atoms in total. The minimum atomic E-state index is -3.03. The van der Waals surface area contributed by atoms with Gasteiger partial charge in [0.2, 0.25) is 0 Å². The van der Waals surface area contributed by atoms with E-state index in [2.05, 4.69) is 24.5 Å². The van der Waals surface area contributed by atoms with Crippen LogP contribution < -0.4 is 22.5 Å². The number of nitrogens with one attached hydrogen (secondary N) is 2. The Bertz CT molecular complexity index is 1360. The van der Waals surface area contributed by atoms with Gasteiger partial charge in [0, 0.05) is 49.0 Å². The topological polar surface area (TPSA) is 228 Å². The molecule has 228 valence electrons. The van der Waals surface area contributed by atoms with Crippen molar-refractivity contribution in [2.75, 3.05) is 19.1 Å². The van der Waals surface area contributed by atoms with Gasteiger partial charge in [-0.05, 0) is 0 Å². The summed E-state index contributed by atoms with van der Waals surface area (Å²) in [5.41, 5.74) is -2.98. The summed E-state index contributed by atoms with van der Waals surface area (Å²) in [4.78, 5) is 50.8. The lowest BCUT2D eigenvalue weighted by Gasteiger charge is -2.33. The Balaban J connectivity index is 1.32. The lowest BCUT2D eigenvalue weighted by atomic mass is 10.1. The molecule has 0 spiro atoms. The van der Waals surface area contributed by atoms with Crippen molar-refractivity contribution in [2.45, 2.75) is 49.1 Å². The van der Waals surface area contributed by atoms with E-state index in [4.69, 9.17) is 43.0 Å². The molecular weight excluding hydrogens is 666 g/mol. The number of ether oxygens (including phenoxy) is 2. The van der Waals surface area contributed by atoms with Gasteiger partial charge in [-0.1, -0.05) is 0 Å². The first-order valence-corrected chi connectivity index (χ1v) is 19.8. The quantitative estimate of drug-likeness (QED) is 0.0751. The highest BCUT2D eigenvalue weighted by atomic mass is 33.1. The van der Waals surface area contributed by atoms with Gasteiger partial charge in [-0.3, -0.25) is 28.7 Å². The van der Waals surface area contributed by atoms with E-state index >= 15 is 0 Å². The van der Waals surface area contributed by atoms with Crippen LogP contribution in [-0.4, -0.2) is 95.3 Å². The second-order valence-electron chi connectivity index (χ2n) is 9.14. The van der Waals surface area contributed by atoms with Gasteiger partial charge in [-0.25, -0.2) is 18.6 Å². The summed E-state index contributed by atoms with van der Waals surface area (Å²) in [6.07, 6.45) is -8.56. The molecule has 2 aliphatic heterocycles. The fourth-order valence-electron chi connectivity index (χ4n) is 4.14. The lowest BCUT2D eigenvalue weighted by Crippen LogP contribution is -2.37. The van der Waals surface area contributed by atoms with Crippen molar-refractivity contribution >= 4 is 60.8 Å². The van der Waals surface area contributed by atoms with Crippen molar-refractivity contribution in [3.63, 3.8) is 0 Å². The van der Waals surface area contributed by atoms with E-state index in [9.17, 15) is 39.6 Å². The number of hydrogen-bond acceptors (Lipinski definition) is 16. The minimum Gasteiger partial charge on any atom is -0.509 e. The van der Waals surface area contributed by atoms with Crippen molar-refractivity contribution in [2.24, 2.45) is 0 Å². The molecule has 2 fully saturated rings. The average Bonchev–Trinajstić information content (AvgIpc) is 3.31. The Kier molecular flexibility index (Phi) is 10.6. The molecule has 2 aromatic heterocycles. The van der Waals surface area contributed by atoms with Gasteiger partial charge < -0.3 is 54.4 Å². The van der Waals surface area contributed by atoms with E-state index in [1.54, 1.807) is 0 Å². The molecule has 22 heteroatoms. The maximum atomic E-state index is 12.1. The van der Waals surface area contributed by atoms with Crippen LogP contribution in [0.25, 0.3) is 0 Å². The van der Waals surface area contributed by atoms with Crippen LogP contribution in [0, 0.1) is 0 Å². The normalized spacial score (nSPS) is 33.0. The summed E-state index contributed by atoms with van der Waals surface area (Å²) in [5, 5.41) is 41.6. The van der Waals surface area contributed by atoms with Crippen molar-refractivity contribution in [1.29, 1.82) is 0 Å². The van der Waals surface area contributed by atoms with Crippen molar-refractivity contribution in [3.05, 3.63) is 66.2 Å². The second kappa shape index (κ2) is 13.1. The molecule has 6 N–H and O–H groups in total. The highest BCUT2D eigenvalue weighted by Crippen LogP contribution is 2.78. The number of aliphatic hydroxyl groups excluding tert-OH is 4. The predicted molar refractivity (Wildman–Crippen MR) is 158 cm³/mol. The first-order chi connectivity index (χ1) is 19.1. The van der Waals surface area contributed by atoms with Crippen LogP contribution in [0.3, 0.4) is 0 Å². The summed E-state index contributed by atoms with van der Waals surface area (Å²) in [5.74, 6) is -6.17. The van der Waals surface area contributed by atoms with Crippen molar-refractivity contribution < 1.29 is 38.9 Å². The molecule has 0 aromatic carbocycles. The highest BCUT2D eigenvalue weighted by Gasteiger charge is 2.48. The van der Waals surface area contributed by atoms with E-state index in [0.717, 1.165) is 33.7 Å². The standard InChI is InChI=1S/C19H26N4O12P2S4/c24-10-1-3-22(18(30)20-10)16-14(28)12(26)8(34-16)5-32-36(38,39)7-37(40,41)33-6-9-13(27)15(29)17(35-9)23-4-2-11(25)21-19(23)31/h1-4,8-9,12-17,26-29H,5-7H2,(H,38,39)(H,40,41)(H,20,24,30)(H,21,25,31)/t8-,9-,12-,13-,14-,15-,16-,17-/m1/s1. The van der Waals surface area contributed by atoms with Gasteiger partial charge in [0.15, 0.2) is 18.4 Å². The van der Waals surface area contributed by atoms with E-state index in [1.165, 1.54) is 0 Å². The molecule has 10 atom stereocenters. The smallest absolute Gasteiger partial charge is 0.330 e. The Hall–Kier alpha value is -0.700. The lowest BCUT2D eigenvalue weighted by molar-refractivity contribution is -0.0507. The molecule has 0 aliphatic carbocycles. The number of rotatable bonds is 10. The highest BCUT2D eigenvalue weighted by molar-refractivity contribution is 8.85. The largest absolute Gasteiger partial charge is 0.509 e. The van der Waals surface area contributed by atoms with Gasteiger partial charge in [0.25, 0.3) is 11.1 Å². The molecule has 41 heavy (non-hydrogen) atoms. The van der Waals surface area contributed by atoms with E-state index in [0.29, 0.717) is 0 Å². The van der Waals surface area contributed by atoms with Gasteiger partial charge in [-0.2, -0.15) is 0 Å². The predicted octanol–water partition coefficient (Wildman–Crippen LogP) is -2.21. The van der Waals surface area contributed by atoms with Crippen LogP contribution in [-0.2, 0) is 43.0 Å². The number of aromatic amines is 2. The first-order valence-electron chi connectivity index (χ1n) is 11.7. The van der Waals surface area contributed by atoms with Crippen molar-refractivity contribution in [1.82, 2.24) is 19.1 Å². The molecule has 0 radical (unpaired) electrons. The van der Waals surface area contributed by atoms with Crippen molar-refractivity contribution in [3.8, 4) is 0 Å². The summed E-state index contributed by atoms with van der Waals surface area (Å²) in [6.45, 7) is -0.661. The first kappa shape index (κ1) is 33.2. The monoisotopic (exact) mass is 692 g/mol. The molecular formula is C19H26N4O12P2S4. The molecule has 4 rings (SSSR count). The number of aromatic nitrogens is 4. The van der Waals surface area contributed by atoms with Gasteiger partial charge in [0.05, 0.1) is 0 Å². The molecule has 2 unspecified atom stereocenters. The zero-order chi connectivity index (χ0) is 30.3.